The summed E-state index contributed by atoms with van der Waals surface area (Å²) < 4.78 is 0. The maximum atomic E-state index is 11.6. The fourth-order valence-corrected chi connectivity index (χ4v) is 1.85. The quantitative estimate of drug-likeness (QED) is 0.762. The largest absolute Gasteiger partial charge is 0.320 e. The predicted octanol–water partition coefficient (Wildman–Crippen LogP) is 1.40. The summed E-state index contributed by atoms with van der Waals surface area (Å²) in [6, 6.07) is 6.93. The van der Waals surface area contributed by atoms with Crippen LogP contribution in [-0.2, 0) is 4.79 Å². The Bertz CT molecular complexity index is 367. The molecule has 4 heteroatoms. The lowest BCUT2D eigenvalue weighted by Crippen LogP contribution is -2.34. The molecule has 3 nitrogen and oxygen atoms in total. The number of rotatable bonds is 1. The second kappa shape index (κ2) is 3.59. The monoisotopic (exact) mass is 210 g/mol. The number of para-hydroxylation sites is 1. The van der Waals surface area contributed by atoms with Crippen molar-refractivity contribution in [2.24, 2.45) is 5.73 Å². The maximum absolute atomic E-state index is 11.6. The number of hydrogen-bond acceptors (Lipinski definition) is 2. The zero-order chi connectivity index (χ0) is 10.1. The molecule has 0 saturated carbocycles. The molecule has 2 rings (SSSR count). The summed E-state index contributed by atoms with van der Waals surface area (Å²) >= 11 is 5.98. The first-order valence-electron chi connectivity index (χ1n) is 4.51. The van der Waals surface area contributed by atoms with Gasteiger partial charge in [0.25, 0.3) is 0 Å². The molecule has 1 atom stereocenters. The first kappa shape index (κ1) is 9.49. The molecular formula is C10H11ClN2O. The highest BCUT2D eigenvalue weighted by Crippen LogP contribution is 2.28. The summed E-state index contributed by atoms with van der Waals surface area (Å²) in [7, 11) is 0. The van der Waals surface area contributed by atoms with Gasteiger partial charge in [-0.05, 0) is 18.6 Å². The Kier molecular flexibility index (Phi) is 2.44. The van der Waals surface area contributed by atoms with Gasteiger partial charge in [0.15, 0.2) is 0 Å². The van der Waals surface area contributed by atoms with E-state index < -0.39 is 0 Å². The van der Waals surface area contributed by atoms with Crippen molar-refractivity contribution in [1.82, 2.24) is 0 Å². The van der Waals surface area contributed by atoms with E-state index in [1.807, 2.05) is 18.2 Å². The van der Waals surface area contributed by atoms with Gasteiger partial charge in [-0.1, -0.05) is 23.7 Å². The Morgan fingerprint density at radius 1 is 1.43 bits per heavy atom. The molecule has 0 radical (unpaired) electrons. The van der Waals surface area contributed by atoms with Gasteiger partial charge in [0, 0.05) is 6.54 Å². The zero-order valence-electron chi connectivity index (χ0n) is 7.61. The standard InChI is InChI=1S/C10H11ClN2O/c11-7-3-1-2-4-9(7)13-6-5-8(12)10(13)14/h1-4,8H,5-6,12H2/t8-/m1/s1. The van der Waals surface area contributed by atoms with Gasteiger partial charge in [-0.25, -0.2) is 0 Å². The maximum Gasteiger partial charge on any atom is 0.244 e. The highest BCUT2D eigenvalue weighted by molar-refractivity contribution is 6.33. The van der Waals surface area contributed by atoms with Crippen LogP contribution < -0.4 is 10.6 Å². The molecule has 1 aromatic carbocycles. The molecule has 74 valence electrons. The Balaban J connectivity index is 2.33. The number of hydrogen-bond donors (Lipinski definition) is 1. The Hall–Kier alpha value is -1.06. The minimum atomic E-state index is -0.369. The molecule has 1 aliphatic rings. The average Bonchev–Trinajstić information content (AvgIpc) is 2.49. The molecule has 1 saturated heterocycles. The topological polar surface area (TPSA) is 46.3 Å². The molecular weight excluding hydrogens is 200 g/mol. The Morgan fingerprint density at radius 2 is 2.14 bits per heavy atom. The van der Waals surface area contributed by atoms with Crippen LogP contribution in [0.1, 0.15) is 6.42 Å². The van der Waals surface area contributed by atoms with Gasteiger partial charge < -0.3 is 10.6 Å². The number of benzene rings is 1. The first-order valence-corrected chi connectivity index (χ1v) is 4.89. The van der Waals surface area contributed by atoms with Crippen molar-refractivity contribution in [2.45, 2.75) is 12.5 Å². The van der Waals surface area contributed by atoms with Gasteiger partial charge in [-0.15, -0.1) is 0 Å². The van der Waals surface area contributed by atoms with Gasteiger partial charge in [-0.3, -0.25) is 4.79 Å². The van der Waals surface area contributed by atoms with E-state index in [-0.39, 0.29) is 11.9 Å². The van der Waals surface area contributed by atoms with Crippen LogP contribution in [0.25, 0.3) is 0 Å². The smallest absolute Gasteiger partial charge is 0.244 e. The molecule has 0 aliphatic carbocycles. The van der Waals surface area contributed by atoms with Crippen LogP contribution >= 0.6 is 11.6 Å². The number of anilines is 1. The second-order valence-corrected chi connectivity index (χ2v) is 3.74. The Labute approximate surface area is 87.4 Å². The number of nitrogens with zero attached hydrogens (tertiary/aromatic N) is 1. The van der Waals surface area contributed by atoms with E-state index in [9.17, 15) is 4.79 Å². The van der Waals surface area contributed by atoms with Crippen molar-refractivity contribution in [2.75, 3.05) is 11.4 Å². The molecule has 1 aliphatic heterocycles. The second-order valence-electron chi connectivity index (χ2n) is 3.34. The molecule has 0 aromatic heterocycles. The van der Waals surface area contributed by atoms with E-state index in [1.165, 1.54) is 0 Å². The average molecular weight is 211 g/mol. The molecule has 2 N–H and O–H groups in total. The van der Waals surface area contributed by atoms with Crippen molar-refractivity contribution in [3.05, 3.63) is 29.3 Å². The van der Waals surface area contributed by atoms with Gasteiger partial charge in [0.1, 0.15) is 0 Å². The van der Waals surface area contributed by atoms with Crippen molar-refractivity contribution in [1.29, 1.82) is 0 Å². The lowest BCUT2D eigenvalue weighted by molar-refractivity contribution is -0.118. The fraction of sp³-hybridized carbons (Fsp3) is 0.300. The van der Waals surface area contributed by atoms with Crippen LogP contribution in [0.4, 0.5) is 5.69 Å². The van der Waals surface area contributed by atoms with Crippen LogP contribution in [-0.4, -0.2) is 18.5 Å². The number of nitrogens with two attached hydrogens (primary N) is 1. The Morgan fingerprint density at radius 3 is 2.71 bits per heavy atom. The third kappa shape index (κ3) is 1.49. The highest BCUT2D eigenvalue weighted by Gasteiger charge is 2.30. The molecule has 14 heavy (non-hydrogen) atoms. The van der Waals surface area contributed by atoms with Gasteiger partial charge >= 0.3 is 0 Å². The molecule has 1 aromatic rings. The van der Waals surface area contributed by atoms with Crippen molar-refractivity contribution in [3.8, 4) is 0 Å². The molecule has 1 amide bonds. The molecule has 0 spiro atoms. The van der Waals surface area contributed by atoms with E-state index in [1.54, 1.807) is 11.0 Å². The lowest BCUT2D eigenvalue weighted by Gasteiger charge is -2.17. The van der Waals surface area contributed by atoms with E-state index >= 15 is 0 Å². The highest BCUT2D eigenvalue weighted by atomic mass is 35.5. The van der Waals surface area contributed by atoms with E-state index in [0.29, 0.717) is 18.0 Å². The van der Waals surface area contributed by atoms with Crippen LogP contribution in [0.2, 0.25) is 5.02 Å². The van der Waals surface area contributed by atoms with E-state index in [4.69, 9.17) is 17.3 Å². The lowest BCUT2D eigenvalue weighted by atomic mass is 10.3. The zero-order valence-corrected chi connectivity index (χ0v) is 8.37. The SMILES string of the molecule is N[C@@H]1CCN(c2ccccc2Cl)C1=O. The minimum absolute atomic E-state index is 0.0434. The summed E-state index contributed by atoms with van der Waals surface area (Å²) in [6.07, 6.45) is 0.698. The molecule has 0 unspecified atom stereocenters. The van der Waals surface area contributed by atoms with Crippen LogP contribution in [0.3, 0.4) is 0 Å². The summed E-state index contributed by atoms with van der Waals surface area (Å²) in [5.74, 6) is -0.0434. The third-order valence-electron chi connectivity index (χ3n) is 2.39. The summed E-state index contributed by atoms with van der Waals surface area (Å²) in [5.41, 5.74) is 6.38. The molecule has 1 fully saturated rings. The number of carbonyl (C=O) groups is 1. The van der Waals surface area contributed by atoms with Gasteiger partial charge in [0.2, 0.25) is 5.91 Å². The van der Waals surface area contributed by atoms with Gasteiger partial charge in [0.05, 0.1) is 16.8 Å². The fourth-order valence-electron chi connectivity index (χ4n) is 1.61. The van der Waals surface area contributed by atoms with Crippen LogP contribution in [0, 0.1) is 0 Å². The third-order valence-corrected chi connectivity index (χ3v) is 2.71. The number of amides is 1. The minimum Gasteiger partial charge on any atom is -0.320 e. The van der Waals surface area contributed by atoms with Crippen molar-refractivity contribution in [3.63, 3.8) is 0 Å². The van der Waals surface area contributed by atoms with E-state index in [0.717, 1.165) is 5.69 Å². The van der Waals surface area contributed by atoms with Crippen LogP contribution in [0.5, 0.6) is 0 Å². The van der Waals surface area contributed by atoms with E-state index in [2.05, 4.69) is 0 Å². The summed E-state index contributed by atoms with van der Waals surface area (Å²) in [6.45, 7) is 0.656. The number of carbonyl (C=O) groups excluding carboxylic acids is 1. The summed E-state index contributed by atoms with van der Waals surface area (Å²) in [5, 5.41) is 0.593. The van der Waals surface area contributed by atoms with Gasteiger partial charge in [-0.2, -0.15) is 0 Å². The molecule has 1 heterocycles. The first-order chi connectivity index (χ1) is 6.70. The van der Waals surface area contributed by atoms with Crippen molar-refractivity contribution < 1.29 is 4.79 Å². The normalized spacial score (nSPS) is 21.7. The molecule has 0 bridgehead atoms. The summed E-state index contributed by atoms with van der Waals surface area (Å²) in [4.78, 5) is 13.2. The van der Waals surface area contributed by atoms with Crippen molar-refractivity contribution >= 4 is 23.2 Å². The predicted molar refractivity (Wildman–Crippen MR) is 56.4 cm³/mol. The number of halogens is 1. The van der Waals surface area contributed by atoms with Crippen LogP contribution in [0.15, 0.2) is 24.3 Å².